The van der Waals surface area contributed by atoms with E-state index in [1.165, 1.54) is 18.9 Å². The van der Waals surface area contributed by atoms with Crippen LogP contribution < -0.4 is 4.74 Å². The molecule has 2 fully saturated rings. The zero-order valence-electron chi connectivity index (χ0n) is 17.6. The van der Waals surface area contributed by atoms with Crippen LogP contribution in [0.25, 0.3) is 32.9 Å². The molecule has 2 aliphatic heterocycles. The van der Waals surface area contributed by atoms with Gasteiger partial charge in [0.05, 0.1) is 5.54 Å². The molecule has 2 aromatic heterocycles. The fourth-order valence-electron chi connectivity index (χ4n) is 5.36. The first-order chi connectivity index (χ1) is 15.6. The summed E-state index contributed by atoms with van der Waals surface area (Å²) in [5, 5.41) is 12.3. The van der Waals surface area contributed by atoms with Crippen molar-refractivity contribution < 1.29 is 14.2 Å². The highest BCUT2D eigenvalue weighted by atomic mass is 19.1. The fourth-order valence-corrected chi connectivity index (χ4v) is 5.36. The van der Waals surface area contributed by atoms with Crippen LogP contribution in [0.3, 0.4) is 0 Å². The summed E-state index contributed by atoms with van der Waals surface area (Å²) in [5.74, 6) is -0.490. The summed E-state index contributed by atoms with van der Waals surface area (Å²) < 4.78 is 21.7. The first-order valence-electron chi connectivity index (χ1n) is 11.0. The molecule has 0 aliphatic carbocycles. The second-order valence-electron chi connectivity index (χ2n) is 8.80. The van der Waals surface area contributed by atoms with E-state index in [0.29, 0.717) is 17.6 Å². The summed E-state index contributed by atoms with van der Waals surface area (Å²) in [4.78, 5) is 15.5. The highest BCUT2D eigenvalue weighted by Gasteiger charge is 2.45. The highest BCUT2D eigenvalue weighted by Crippen LogP contribution is 2.39. The minimum atomic E-state index is -0.549. The molecule has 162 valence electrons. The van der Waals surface area contributed by atoms with E-state index in [2.05, 4.69) is 19.9 Å². The molecule has 0 amide bonds. The maximum Gasteiger partial charge on any atom is 0.317 e. The van der Waals surface area contributed by atoms with Gasteiger partial charge in [-0.1, -0.05) is 24.3 Å². The fraction of sp³-hybridized carbons (Fsp3) is 0.320. The van der Waals surface area contributed by atoms with Gasteiger partial charge in [0.1, 0.15) is 23.6 Å². The molecule has 2 saturated heterocycles. The number of phenolic OH excluding ortho intramolecular Hbond substituents is 1. The molecule has 2 aromatic carbocycles. The standard InChI is InChI=1S/C25H23FN4O2/c26-21-22-17(13-27-23(21)20-12-18(31)11-16-5-1-2-6-19(16)20)14-28-24(29-22)32-15-25-7-3-9-30(25)10-4-8-25/h1-2,5-6,11-14,31H,3-4,7-10,15H2. The van der Waals surface area contributed by atoms with Crippen molar-refractivity contribution >= 4 is 21.7 Å². The number of rotatable bonds is 4. The summed E-state index contributed by atoms with van der Waals surface area (Å²) in [7, 11) is 0. The lowest BCUT2D eigenvalue weighted by Gasteiger charge is -2.31. The van der Waals surface area contributed by atoms with E-state index >= 15 is 4.39 Å². The quantitative estimate of drug-likeness (QED) is 0.506. The lowest BCUT2D eigenvalue weighted by Crippen LogP contribution is -2.43. The second kappa shape index (κ2) is 7.38. The van der Waals surface area contributed by atoms with Crippen LogP contribution in [0.2, 0.25) is 0 Å². The monoisotopic (exact) mass is 430 g/mol. The molecular formula is C25H23FN4O2. The van der Waals surface area contributed by atoms with E-state index in [9.17, 15) is 5.11 Å². The molecular weight excluding hydrogens is 407 g/mol. The highest BCUT2D eigenvalue weighted by molar-refractivity contribution is 5.98. The van der Waals surface area contributed by atoms with Crippen LogP contribution >= 0.6 is 0 Å². The number of nitrogens with zero attached hydrogens (tertiary/aromatic N) is 4. The Hall–Kier alpha value is -3.32. The molecule has 4 heterocycles. The molecule has 1 N–H and O–H groups in total. The Morgan fingerprint density at radius 3 is 2.66 bits per heavy atom. The summed E-state index contributed by atoms with van der Waals surface area (Å²) in [5.41, 5.74) is 0.901. The molecule has 0 bridgehead atoms. The van der Waals surface area contributed by atoms with Gasteiger partial charge < -0.3 is 9.84 Å². The molecule has 32 heavy (non-hydrogen) atoms. The van der Waals surface area contributed by atoms with Gasteiger partial charge in [-0.25, -0.2) is 9.37 Å². The van der Waals surface area contributed by atoms with Crippen LogP contribution in [0.1, 0.15) is 25.7 Å². The van der Waals surface area contributed by atoms with Crippen molar-refractivity contribution in [1.29, 1.82) is 0 Å². The minimum absolute atomic E-state index is 0.0589. The number of ether oxygens (including phenoxy) is 1. The Morgan fingerprint density at radius 2 is 1.81 bits per heavy atom. The van der Waals surface area contributed by atoms with Gasteiger partial charge in [0.2, 0.25) is 0 Å². The average molecular weight is 430 g/mol. The van der Waals surface area contributed by atoms with Gasteiger partial charge in [-0.15, -0.1) is 0 Å². The van der Waals surface area contributed by atoms with Gasteiger partial charge in [-0.05, 0) is 61.7 Å². The number of benzene rings is 2. The molecule has 0 spiro atoms. The number of phenols is 1. The third kappa shape index (κ3) is 3.07. The van der Waals surface area contributed by atoms with Crippen molar-refractivity contribution in [3.8, 4) is 23.0 Å². The van der Waals surface area contributed by atoms with E-state index in [-0.39, 0.29) is 28.5 Å². The van der Waals surface area contributed by atoms with Crippen LogP contribution in [0, 0.1) is 5.82 Å². The molecule has 0 atom stereocenters. The molecule has 2 aliphatic rings. The first-order valence-corrected chi connectivity index (χ1v) is 11.0. The number of halogens is 1. The number of pyridine rings is 1. The topological polar surface area (TPSA) is 71.4 Å². The van der Waals surface area contributed by atoms with Crippen molar-refractivity contribution in [3.05, 3.63) is 54.6 Å². The molecule has 0 saturated carbocycles. The number of fused-ring (bicyclic) bond motifs is 3. The third-order valence-corrected chi connectivity index (χ3v) is 6.93. The SMILES string of the molecule is Oc1cc(-c2ncc3cnc(OCC45CCCN4CCC5)nc3c2F)c2ccccc2c1. The van der Waals surface area contributed by atoms with Gasteiger partial charge >= 0.3 is 6.01 Å². The molecule has 6 rings (SSSR count). The predicted octanol–water partition coefficient (Wildman–Crippen LogP) is 4.70. The lowest BCUT2D eigenvalue weighted by molar-refractivity contribution is 0.108. The largest absolute Gasteiger partial charge is 0.508 e. The summed E-state index contributed by atoms with van der Waals surface area (Å²) in [6.45, 7) is 2.75. The van der Waals surface area contributed by atoms with E-state index in [0.717, 1.165) is 36.7 Å². The van der Waals surface area contributed by atoms with E-state index in [1.54, 1.807) is 18.5 Å². The summed E-state index contributed by atoms with van der Waals surface area (Å²) >= 11 is 0. The Labute approximate surface area is 184 Å². The summed E-state index contributed by atoms with van der Waals surface area (Å²) in [6, 6.07) is 10.9. The lowest BCUT2D eigenvalue weighted by atomic mass is 9.95. The van der Waals surface area contributed by atoms with E-state index < -0.39 is 5.82 Å². The van der Waals surface area contributed by atoms with Crippen LogP contribution in [0.5, 0.6) is 11.8 Å². The smallest absolute Gasteiger partial charge is 0.317 e. The van der Waals surface area contributed by atoms with Crippen molar-refractivity contribution in [2.24, 2.45) is 0 Å². The number of aromatic hydroxyl groups is 1. The molecule has 0 unspecified atom stereocenters. The number of aromatic nitrogens is 3. The Bertz CT molecular complexity index is 1330. The Morgan fingerprint density at radius 1 is 1.03 bits per heavy atom. The normalized spacial score (nSPS) is 17.8. The van der Waals surface area contributed by atoms with Crippen LogP contribution in [-0.2, 0) is 0 Å². The predicted molar refractivity (Wildman–Crippen MR) is 120 cm³/mol. The Kier molecular flexibility index (Phi) is 4.47. The first kappa shape index (κ1) is 19.4. The molecule has 7 heteroatoms. The maximum absolute atomic E-state index is 15.7. The van der Waals surface area contributed by atoms with Gasteiger partial charge in [0, 0.05) is 23.3 Å². The molecule has 0 radical (unpaired) electrons. The molecule has 6 nitrogen and oxygen atoms in total. The van der Waals surface area contributed by atoms with Gasteiger partial charge in [-0.3, -0.25) is 9.88 Å². The van der Waals surface area contributed by atoms with Gasteiger partial charge in [0.15, 0.2) is 5.82 Å². The number of hydrogen-bond donors (Lipinski definition) is 1. The number of hydrogen-bond acceptors (Lipinski definition) is 6. The van der Waals surface area contributed by atoms with Gasteiger partial charge in [-0.2, -0.15) is 4.98 Å². The Balaban J connectivity index is 1.39. The second-order valence-corrected chi connectivity index (χ2v) is 8.80. The van der Waals surface area contributed by atoms with Crippen LogP contribution in [-0.4, -0.2) is 50.2 Å². The third-order valence-electron chi connectivity index (χ3n) is 6.93. The van der Waals surface area contributed by atoms with Crippen molar-refractivity contribution in [3.63, 3.8) is 0 Å². The van der Waals surface area contributed by atoms with Crippen LogP contribution in [0.4, 0.5) is 4.39 Å². The van der Waals surface area contributed by atoms with Crippen LogP contribution in [0.15, 0.2) is 48.8 Å². The van der Waals surface area contributed by atoms with Gasteiger partial charge in [0.25, 0.3) is 0 Å². The zero-order valence-corrected chi connectivity index (χ0v) is 17.6. The average Bonchev–Trinajstić information content (AvgIpc) is 3.38. The van der Waals surface area contributed by atoms with E-state index in [4.69, 9.17) is 4.74 Å². The molecule has 4 aromatic rings. The van der Waals surface area contributed by atoms with Crippen molar-refractivity contribution in [2.45, 2.75) is 31.2 Å². The van der Waals surface area contributed by atoms with E-state index in [1.807, 2.05) is 24.3 Å². The zero-order chi connectivity index (χ0) is 21.7. The van der Waals surface area contributed by atoms with Crippen molar-refractivity contribution in [2.75, 3.05) is 19.7 Å². The summed E-state index contributed by atoms with van der Waals surface area (Å²) in [6.07, 6.45) is 7.72. The van der Waals surface area contributed by atoms with Crippen molar-refractivity contribution in [1.82, 2.24) is 19.9 Å². The minimum Gasteiger partial charge on any atom is -0.508 e. The maximum atomic E-state index is 15.7.